The Labute approximate surface area is 106 Å². The molecule has 0 fully saturated rings. The average molecular weight is 271 g/mol. The summed E-state index contributed by atoms with van der Waals surface area (Å²) in [6, 6.07) is 16.9. The summed E-state index contributed by atoms with van der Waals surface area (Å²) in [5.74, 6) is 0. The van der Waals surface area contributed by atoms with E-state index in [-0.39, 0.29) is 0 Å². The molecule has 0 saturated heterocycles. The molecule has 2 aromatic carbocycles. The average Bonchev–Trinajstić information content (AvgIpc) is 2.39. The minimum atomic E-state index is 0.589. The Morgan fingerprint density at radius 3 is 2.00 bits per heavy atom. The Bertz CT molecular complexity index is 434. The van der Waals surface area contributed by atoms with Crippen LogP contribution in [0.15, 0.2) is 48.5 Å². The summed E-state index contributed by atoms with van der Waals surface area (Å²) in [7, 11) is 5.65. The van der Waals surface area contributed by atoms with Crippen molar-refractivity contribution in [3.8, 4) is 11.1 Å². The van der Waals surface area contributed by atoms with Gasteiger partial charge in [-0.3, -0.25) is 0 Å². The zero-order valence-electron chi connectivity index (χ0n) is 8.99. The van der Waals surface area contributed by atoms with Gasteiger partial charge in [0, 0.05) is 5.33 Å². The highest BCUT2D eigenvalue weighted by Gasteiger charge is 1.99. The van der Waals surface area contributed by atoms with E-state index in [0.717, 1.165) is 5.33 Å². The van der Waals surface area contributed by atoms with Crippen molar-refractivity contribution >= 4 is 23.8 Å². The molecule has 0 bridgehead atoms. The normalized spacial score (nSPS) is 10.3. The first-order valence-electron chi connectivity index (χ1n) is 5.28. The lowest BCUT2D eigenvalue weighted by atomic mass is 9.94. The van der Waals surface area contributed by atoms with Crippen LogP contribution in [0, 0.1) is 0 Å². The fourth-order valence-electron chi connectivity index (χ4n) is 1.71. The van der Waals surface area contributed by atoms with Crippen LogP contribution in [0.3, 0.4) is 0 Å². The van der Waals surface area contributed by atoms with Gasteiger partial charge in [0.05, 0.1) is 7.85 Å². The topological polar surface area (TPSA) is 0 Å². The van der Waals surface area contributed by atoms with Crippen LogP contribution in [0.2, 0.25) is 0 Å². The monoisotopic (exact) mass is 270 g/mol. The molecule has 0 heterocycles. The predicted octanol–water partition coefficient (Wildman–Crippen LogP) is 3.92. The molecule has 0 aliphatic heterocycles. The van der Waals surface area contributed by atoms with Gasteiger partial charge in [0.2, 0.25) is 0 Å². The molecule has 0 amide bonds. The van der Waals surface area contributed by atoms with Crippen LogP contribution in [-0.2, 0) is 11.7 Å². The Hall–Kier alpha value is -1.02. The van der Waals surface area contributed by atoms with Crippen molar-refractivity contribution in [1.29, 1.82) is 0 Å². The number of hydrogen-bond acceptors (Lipinski definition) is 0. The molecule has 78 valence electrons. The Morgan fingerprint density at radius 2 is 1.44 bits per heavy atom. The first-order valence-corrected chi connectivity index (χ1v) is 6.40. The van der Waals surface area contributed by atoms with Crippen LogP contribution in [0.25, 0.3) is 11.1 Å². The van der Waals surface area contributed by atoms with Crippen molar-refractivity contribution in [1.82, 2.24) is 0 Å². The number of hydrogen-bond donors (Lipinski definition) is 0. The fourth-order valence-corrected chi connectivity index (χ4v) is 2.06. The van der Waals surface area contributed by atoms with Crippen LogP contribution in [-0.4, -0.2) is 7.85 Å². The molecule has 0 N–H and O–H groups in total. The second kappa shape index (κ2) is 5.35. The SMILES string of the molecule is [B]Cc1cccc(-c2cccc(CBr)c2)c1. The second-order valence-corrected chi connectivity index (χ2v) is 4.30. The van der Waals surface area contributed by atoms with E-state index in [9.17, 15) is 0 Å². The summed E-state index contributed by atoms with van der Waals surface area (Å²) in [5, 5.41) is 0.886. The van der Waals surface area contributed by atoms with Crippen molar-refractivity contribution < 1.29 is 0 Å². The molecular weight excluding hydrogens is 259 g/mol. The third-order valence-corrected chi connectivity index (χ3v) is 3.22. The van der Waals surface area contributed by atoms with E-state index >= 15 is 0 Å². The molecule has 0 atom stereocenters. The molecule has 2 radical (unpaired) electrons. The van der Waals surface area contributed by atoms with Crippen molar-refractivity contribution in [2.24, 2.45) is 0 Å². The van der Waals surface area contributed by atoms with E-state index < -0.39 is 0 Å². The summed E-state index contributed by atoms with van der Waals surface area (Å²) >= 11 is 3.47. The summed E-state index contributed by atoms with van der Waals surface area (Å²) in [4.78, 5) is 0. The molecule has 2 rings (SSSR count). The van der Waals surface area contributed by atoms with Crippen LogP contribution < -0.4 is 0 Å². The molecule has 0 spiro atoms. The number of halogens is 1. The van der Waals surface area contributed by atoms with E-state index in [2.05, 4.69) is 64.5 Å². The summed E-state index contributed by atoms with van der Waals surface area (Å²) < 4.78 is 0. The molecule has 0 aromatic heterocycles. The molecule has 2 aromatic rings. The largest absolute Gasteiger partial charge is 0.0876 e. The number of rotatable bonds is 3. The predicted molar refractivity (Wildman–Crippen MR) is 74.0 cm³/mol. The number of benzene rings is 2. The minimum absolute atomic E-state index is 0.589. The highest BCUT2D eigenvalue weighted by atomic mass is 79.9. The van der Waals surface area contributed by atoms with Gasteiger partial charge in [0.15, 0.2) is 0 Å². The van der Waals surface area contributed by atoms with Crippen LogP contribution in [0.4, 0.5) is 0 Å². The molecule has 0 aliphatic carbocycles. The Kier molecular flexibility index (Phi) is 3.84. The molecule has 2 heteroatoms. The molecule has 0 saturated carbocycles. The zero-order valence-corrected chi connectivity index (χ0v) is 10.6. The van der Waals surface area contributed by atoms with Gasteiger partial charge in [-0.1, -0.05) is 76.3 Å². The van der Waals surface area contributed by atoms with Gasteiger partial charge in [-0.2, -0.15) is 0 Å². The maximum absolute atomic E-state index is 5.65. The van der Waals surface area contributed by atoms with E-state index in [1.165, 1.54) is 22.3 Å². The molecule has 0 unspecified atom stereocenters. The van der Waals surface area contributed by atoms with Crippen LogP contribution >= 0.6 is 15.9 Å². The van der Waals surface area contributed by atoms with Crippen LogP contribution in [0.1, 0.15) is 11.1 Å². The van der Waals surface area contributed by atoms with Crippen LogP contribution in [0.5, 0.6) is 0 Å². The van der Waals surface area contributed by atoms with Gasteiger partial charge in [0.25, 0.3) is 0 Å². The molecular formula is C14H12BBr. The van der Waals surface area contributed by atoms with E-state index in [0.29, 0.717) is 6.32 Å². The Balaban J connectivity index is 2.41. The summed E-state index contributed by atoms with van der Waals surface area (Å²) in [6.45, 7) is 0. The first-order chi connectivity index (χ1) is 7.83. The van der Waals surface area contributed by atoms with E-state index in [4.69, 9.17) is 7.85 Å². The second-order valence-electron chi connectivity index (χ2n) is 3.74. The maximum Gasteiger partial charge on any atom is 0.0716 e. The standard InChI is InChI=1S/C14H12BBr/c15-9-11-3-1-5-13(7-11)14-6-2-4-12(8-14)10-16/h1-8H,9-10H2. The van der Waals surface area contributed by atoms with E-state index in [1.807, 2.05) is 0 Å². The van der Waals surface area contributed by atoms with Gasteiger partial charge >= 0.3 is 0 Å². The third kappa shape index (κ3) is 2.56. The lowest BCUT2D eigenvalue weighted by molar-refractivity contribution is 1.39. The van der Waals surface area contributed by atoms with Crippen molar-refractivity contribution in [3.05, 3.63) is 59.7 Å². The summed E-state index contributed by atoms with van der Waals surface area (Å²) in [5.41, 5.74) is 4.93. The minimum Gasteiger partial charge on any atom is -0.0876 e. The first kappa shape index (κ1) is 11.5. The Morgan fingerprint density at radius 1 is 0.875 bits per heavy atom. The molecule has 0 aliphatic rings. The fraction of sp³-hybridized carbons (Fsp3) is 0.143. The molecule has 16 heavy (non-hydrogen) atoms. The molecule has 0 nitrogen and oxygen atoms in total. The highest BCUT2D eigenvalue weighted by molar-refractivity contribution is 9.08. The highest BCUT2D eigenvalue weighted by Crippen LogP contribution is 2.22. The van der Waals surface area contributed by atoms with Crippen molar-refractivity contribution in [3.63, 3.8) is 0 Å². The van der Waals surface area contributed by atoms with Gasteiger partial charge in [-0.05, 0) is 16.7 Å². The van der Waals surface area contributed by atoms with Gasteiger partial charge < -0.3 is 0 Å². The van der Waals surface area contributed by atoms with Crippen molar-refractivity contribution in [2.45, 2.75) is 11.7 Å². The smallest absolute Gasteiger partial charge is 0.0716 e. The maximum atomic E-state index is 5.65. The zero-order chi connectivity index (χ0) is 11.4. The lowest BCUT2D eigenvalue weighted by Crippen LogP contribution is -1.86. The lowest BCUT2D eigenvalue weighted by Gasteiger charge is -2.05. The quantitative estimate of drug-likeness (QED) is 0.586. The number of alkyl halides is 1. The third-order valence-electron chi connectivity index (χ3n) is 2.58. The van der Waals surface area contributed by atoms with Gasteiger partial charge in [-0.15, -0.1) is 0 Å². The van der Waals surface area contributed by atoms with Gasteiger partial charge in [0.1, 0.15) is 0 Å². The van der Waals surface area contributed by atoms with E-state index in [1.54, 1.807) is 0 Å². The van der Waals surface area contributed by atoms with Crippen molar-refractivity contribution in [2.75, 3.05) is 0 Å². The van der Waals surface area contributed by atoms with Gasteiger partial charge in [-0.25, -0.2) is 0 Å². The summed E-state index contributed by atoms with van der Waals surface area (Å²) in [6.07, 6.45) is 0.589.